The molecule has 4 rings (SSSR count). The molecular weight excluding hydrogens is 391 g/mol. The van der Waals surface area contributed by atoms with Crippen molar-refractivity contribution in [2.45, 2.75) is 26.1 Å². The van der Waals surface area contributed by atoms with Crippen LogP contribution < -0.4 is 4.74 Å². The first-order valence-electron chi connectivity index (χ1n) is 9.42. The maximum absolute atomic E-state index is 13.9. The minimum Gasteiger partial charge on any atom is -0.492 e. The van der Waals surface area contributed by atoms with E-state index in [0.29, 0.717) is 24.7 Å². The van der Waals surface area contributed by atoms with Gasteiger partial charge >= 0.3 is 0 Å². The van der Waals surface area contributed by atoms with E-state index in [0.717, 1.165) is 44.7 Å². The van der Waals surface area contributed by atoms with Gasteiger partial charge in [0.2, 0.25) is 0 Å². The molecule has 2 heterocycles. The maximum Gasteiger partial charge on any atom is 0.130 e. The first-order chi connectivity index (χ1) is 14.0. The lowest BCUT2D eigenvalue weighted by molar-refractivity contribution is 0.321. The van der Waals surface area contributed by atoms with Crippen molar-refractivity contribution in [3.63, 3.8) is 0 Å². The van der Waals surface area contributed by atoms with Crippen LogP contribution in [0.2, 0.25) is 0 Å². The third kappa shape index (κ3) is 3.72. The van der Waals surface area contributed by atoms with E-state index < -0.39 is 0 Å². The molecule has 150 valence electrons. The summed E-state index contributed by atoms with van der Waals surface area (Å²) < 4.78 is 21.8. The number of aryl methyl sites for hydroxylation is 2. The molecule has 5 nitrogen and oxygen atoms in total. The fourth-order valence-electron chi connectivity index (χ4n) is 3.63. The van der Waals surface area contributed by atoms with Crippen LogP contribution in [0.4, 0.5) is 4.39 Å². The molecule has 0 atom stereocenters. The van der Waals surface area contributed by atoms with Gasteiger partial charge in [-0.3, -0.25) is 9.78 Å². The third-order valence-electron chi connectivity index (χ3n) is 5.29. The summed E-state index contributed by atoms with van der Waals surface area (Å²) in [4.78, 5) is 0. The van der Waals surface area contributed by atoms with Gasteiger partial charge in [0.05, 0.1) is 29.4 Å². The molecule has 0 aliphatic heterocycles. The molecule has 2 aromatic heterocycles. The number of ether oxygens (including phenoxy) is 1. The summed E-state index contributed by atoms with van der Waals surface area (Å²) in [6.07, 6.45) is 0.707. The van der Waals surface area contributed by atoms with Crippen LogP contribution in [-0.4, -0.2) is 26.6 Å². The number of hydrogen-bond donors (Lipinski definition) is 1. The maximum atomic E-state index is 13.9. The third-order valence-corrected chi connectivity index (χ3v) is 5.56. The number of rotatable bonds is 6. The molecule has 0 amide bonds. The number of aromatic nitrogens is 4. The Morgan fingerprint density at radius 2 is 2.00 bits per heavy atom. The molecule has 0 saturated carbocycles. The van der Waals surface area contributed by atoms with Gasteiger partial charge in [0, 0.05) is 36.2 Å². The Kier molecular flexibility index (Phi) is 5.28. The summed E-state index contributed by atoms with van der Waals surface area (Å²) in [5.41, 5.74) is 6.73. The minimum absolute atomic E-state index is 0.330. The van der Waals surface area contributed by atoms with Crippen molar-refractivity contribution in [2.75, 3.05) is 6.61 Å². The number of nitrogens with one attached hydrogen (secondary N) is 1. The predicted molar refractivity (Wildman–Crippen MR) is 113 cm³/mol. The van der Waals surface area contributed by atoms with Crippen LogP contribution in [0, 0.1) is 19.7 Å². The van der Waals surface area contributed by atoms with Crippen molar-refractivity contribution >= 4 is 22.5 Å². The number of nitrogens with zero attached hydrogens (tertiary/aromatic N) is 3. The number of hydrogen-bond acceptors (Lipinski definition) is 3. The SMILES string of the molecule is Cc1nn(C)c(C)c1CCOc1cc(F)ccc1-c1ccc2n[nH]c(CCl)c2c1. The molecule has 29 heavy (non-hydrogen) atoms. The van der Waals surface area contributed by atoms with Gasteiger partial charge in [-0.25, -0.2) is 4.39 Å². The van der Waals surface area contributed by atoms with Crippen molar-refractivity contribution < 1.29 is 9.13 Å². The molecule has 0 bridgehead atoms. The van der Waals surface area contributed by atoms with E-state index in [2.05, 4.69) is 15.3 Å². The highest BCUT2D eigenvalue weighted by atomic mass is 35.5. The van der Waals surface area contributed by atoms with Gasteiger partial charge in [-0.2, -0.15) is 10.2 Å². The van der Waals surface area contributed by atoms with E-state index in [1.807, 2.05) is 43.8 Å². The summed E-state index contributed by atoms with van der Waals surface area (Å²) in [7, 11) is 1.93. The highest BCUT2D eigenvalue weighted by Crippen LogP contribution is 2.33. The molecule has 0 radical (unpaired) electrons. The molecular formula is C22H22ClFN4O. The van der Waals surface area contributed by atoms with Crippen LogP contribution >= 0.6 is 11.6 Å². The Balaban J connectivity index is 1.62. The van der Waals surface area contributed by atoms with Gasteiger partial charge < -0.3 is 4.74 Å². The van der Waals surface area contributed by atoms with Crippen molar-refractivity contribution in [3.8, 4) is 16.9 Å². The molecule has 0 aliphatic rings. The topological polar surface area (TPSA) is 55.7 Å². The zero-order chi connectivity index (χ0) is 20.5. The second kappa shape index (κ2) is 7.87. The standard InChI is InChI=1S/C22H22ClFN4O/c1-13-17(14(2)28(3)27-13)8-9-29-22-11-16(24)5-6-18(22)15-4-7-20-19(10-15)21(12-23)26-25-20/h4-7,10-11H,8-9,12H2,1-3H3,(H,25,26). The van der Waals surface area contributed by atoms with E-state index in [-0.39, 0.29) is 5.82 Å². The Hall–Kier alpha value is -2.86. The number of fused-ring (bicyclic) bond motifs is 1. The summed E-state index contributed by atoms with van der Waals surface area (Å²) in [5.74, 6) is 0.527. The number of alkyl halides is 1. The van der Waals surface area contributed by atoms with E-state index in [4.69, 9.17) is 16.3 Å². The molecule has 7 heteroatoms. The summed E-state index contributed by atoms with van der Waals surface area (Å²) >= 11 is 6.00. The lowest BCUT2D eigenvalue weighted by Crippen LogP contribution is -2.04. The highest BCUT2D eigenvalue weighted by Gasteiger charge is 2.13. The van der Waals surface area contributed by atoms with Crippen molar-refractivity contribution in [1.29, 1.82) is 0 Å². The zero-order valence-electron chi connectivity index (χ0n) is 16.6. The Morgan fingerprint density at radius 1 is 1.17 bits per heavy atom. The van der Waals surface area contributed by atoms with Gasteiger partial charge in [-0.05, 0) is 49.2 Å². The molecule has 0 saturated heterocycles. The average Bonchev–Trinajstić information content (AvgIpc) is 3.22. The van der Waals surface area contributed by atoms with Crippen LogP contribution in [-0.2, 0) is 19.3 Å². The molecule has 2 aromatic carbocycles. The Bertz CT molecular complexity index is 1180. The Labute approximate surface area is 173 Å². The van der Waals surface area contributed by atoms with E-state index in [1.54, 1.807) is 6.07 Å². The first kappa shape index (κ1) is 19.5. The Morgan fingerprint density at radius 3 is 2.72 bits per heavy atom. The number of halogens is 2. The van der Waals surface area contributed by atoms with Crippen LogP contribution in [0.5, 0.6) is 5.75 Å². The first-order valence-corrected chi connectivity index (χ1v) is 9.96. The smallest absolute Gasteiger partial charge is 0.130 e. The molecule has 4 aromatic rings. The normalized spacial score (nSPS) is 11.3. The number of benzene rings is 2. The van der Waals surface area contributed by atoms with E-state index >= 15 is 0 Å². The molecule has 0 aliphatic carbocycles. The van der Waals surface area contributed by atoms with Crippen molar-refractivity contribution in [1.82, 2.24) is 20.0 Å². The fraction of sp³-hybridized carbons (Fsp3) is 0.273. The number of H-pyrrole nitrogens is 1. The average molecular weight is 413 g/mol. The predicted octanol–water partition coefficient (Wildman–Crippen LogP) is 5.08. The summed E-state index contributed by atoms with van der Waals surface area (Å²) in [6.45, 7) is 4.47. The molecule has 0 fully saturated rings. The van der Waals surface area contributed by atoms with Crippen molar-refractivity contribution in [2.24, 2.45) is 7.05 Å². The highest BCUT2D eigenvalue weighted by molar-refractivity contribution is 6.17. The second-order valence-corrected chi connectivity index (χ2v) is 7.35. The van der Waals surface area contributed by atoms with Gasteiger partial charge in [-0.1, -0.05) is 6.07 Å². The lowest BCUT2D eigenvalue weighted by Gasteiger charge is -2.13. The van der Waals surface area contributed by atoms with Gasteiger partial charge in [-0.15, -0.1) is 11.6 Å². The van der Waals surface area contributed by atoms with Gasteiger partial charge in [0.15, 0.2) is 0 Å². The zero-order valence-corrected chi connectivity index (χ0v) is 17.3. The van der Waals surface area contributed by atoms with Crippen LogP contribution in [0.15, 0.2) is 36.4 Å². The summed E-state index contributed by atoms with van der Waals surface area (Å²) in [6, 6.07) is 10.5. The number of aromatic amines is 1. The molecule has 1 N–H and O–H groups in total. The van der Waals surface area contributed by atoms with Crippen LogP contribution in [0.1, 0.15) is 22.6 Å². The van der Waals surface area contributed by atoms with Crippen LogP contribution in [0.25, 0.3) is 22.0 Å². The van der Waals surface area contributed by atoms with E-state index in [9.17, 15) is 4.39 Å². The lowest BCUT2D eigenvalue weighted by atomic mass is 10.0. The summed E-state index contributed by atoms with van der Waals surface area (Å²) in [5, 5.41) is 12.6. The molecule has 0 spiro atoms. The quantitative estimate of drug-likeness (QED) is 0.449. The van der Waals surface area contributed by atoms with E-state index in [1.165, 1.54) is 12.1 Å². The monoisotopic (exact) mass is 412 g/mol. The fourth-order valence-corrected chi connectivity index (χ4v) is 3.83. The largest absolute Gasteiger partial charge is 0.492 e. The van der Waals surface area contributed by atoms with Gasteiger partial charge in [0.25, 0.3) is 0 Å². The van der Waals surface area contributed by atoms with Gasteiger partial charge in [0.1, 0.15) is 11.6 Å². The minimum atomic E-state index is -0.330. The van der Waals surface area contributed by atoms with Crippen molar-refractivity contribution in [3.05, 3.63) is 64.9 Å². The second-order valence-electron chi connectivity index (χ2n) is 7.08. The van der Waals surface area contributed by atoms with Crippen LogP contribution in [0.3, 0.4) is 0 Å². The molecule has 0 unspecified atom stereocenters.